The van der Waals surface area contributed by atoms with Gasteiger partial charge in [-0.05, 0) is 56.2 Å². The van der Waals surface area contributed by atoms with Crippen LogP contribution in [0.5, 0.6) is 0 Å². The number of nitrogens with zero attached hydrogens (tertiary/aromatic N) is 6. The van der Waals surface area contributed by atoms with Gasteiger partial charge in [-0.15, -0.1) is 0 Å². The maximum atomic E-state index is 13.6. The topological polar surface area (TPSA) is 84.2 Å². The van der Waals surface area contributed by atoms with E-state index in [0.717, 1.165) is 56.3 Å². The number of amides is 2. The largest absolute Gasteiger partial charge is 0.338 e. The number of carbonyl (C=O) groups excluding carboxylic acids is 2. The Balaban J connectivity index is 1.28. The lowest BCUT2D eigenvalue weighted by Crippen LogP contribution is -2.61. The summed E-state index contributed by atoms with van der Waals surface area (Å²) < 4.78 is 1.95. The minimum atomic E-state index is -0.674. The second-order valence-corrected chi connectivity index (χ2v) is 9.23. The maximum absolute atomic E-state index is 13.6. The van der Waals surface area contributed by atoms with E-state index in [2.05, 4.69) is 15.0 Å². The van der Waals surface area contributed by atoms with E-state index in [4.69, 9.17) is 0 Å². The summed E-state index contributed by atoms with van der Waals surface area (Å²) in [5.41, 5.74) is 2.30. The number of hydrogen-bond acceptors (Lipinski definition) is 5. The molecular weight excluding hydrogens is 404 g/mol. The molecule has 164 valence electrons. The van der Waals surface area contributed by atoms with E-state index in [0.29, 0.717) is 30.2 Å². The summed E-state index contributed by atoms with van der Waals surface area (Å²) in [6.45, 7) is 2.07. The Hall–Kier alpha value is -3.29. The predicted molar refractivity (Wildman–Crippen MR) is 118 cm³/mol. The highest BCUT2D eigenvalue weighted by molar-refractivity contribution is 6.01. The molecule has 3 aromatic heterocycles. The van der Waals surface area contributed by atoms with Gasteiger partial charge in [-0.1, -0.05) is 6.07 Å². The fourth-order valence-electron chi connectivity index (χ4n) is 5.43. The summed E-state index contributed by atoms with van der Waals surface area (Å²) in [5, 5.41) is 0. The zero-order chi connectivity index (χ0) is 21.7. The first-order valence-electron chi connectivity index (χ1n) is 11.5. The van der Waals surface area contributed by atoms with E-state index < -0.39 is 5.54 Å². The zero-order valence-electron chi connectivity index (χ0n) is 18.0. The quantitative estimate of drug-likeness (QED) is 0.635. The Bertz CT molecular complexity index is 1190. The number of likely N-dealkylation sites (tertiary alicyclic amines) is 2. The van der Waals surface area contributed by atoms with Crippen LogP contribution in [0.25, 0.3) is 11.2 Å². The number of pyridine rings is 2. The Morgan fingerprint density at radius 2 is 1.97 bits per heavy atom. The molecule has 1 saturated carbocycles. The molecule has 32 heavy (non-hydrogen) atoms. The lowest BCUT2D eigenvalue weighted by Gasteiger charge is -2.44. The fraction of sp³-hybridized carbons (Fsp3) is 0.458. The molecule has 2 aliphatic heterocycles. The van der Waals surface area contributed by atoms with Crippen LogP contribution in [0.2, 0.25) is 0 Å². The fourth-order valence-corrected chi connectivity index (χ4v) is 5.43. The van der Waals surface area contributed by atoms with E-state index in [1.165, 1.54) is 0 Å². The molecule has 1 aliphatic carbocycles. The highest BCUT2D eigenvalue weighted by Gasteiger charge is 2.54. The van der Waals surface area contributed by atoms with Gasteiger partial charge in [0.25, 0.3) is 5.91 Å². The van der Waals surface area contributed by atoms with Crippen molar-refractivity contribution in [3.63, 3.8) is 0 Å². The van der Waals surface area contributed by atoms with Crippen LogP contribution < -0.4 is 0 Å². The van der Waals surface area contributed by atoms with Crippen molar-refractivity contribution in [3.05, 3.63) is 54.2 Å². The molecule has 2 amide bonds. The molecule has 2 saturated heterocycles. The Morgan fingerprint density at radius 3 is 2.75 bits per heavy atom. The van der Waals surface area contributed by atoms with Crippen LogP contribution in [-0.4, -0.2) is 65.8 Å². The number of piperidine rings is 1. The molecule has 1 spiro atoms. The van der Waals surface area contributed by atoms with Crippen LogP contribution in [0.4, 0.5) is 0 Å². The lowest BCUT2D eigenvalue weighted by molar-refractivity contribution is -0.146. The van der Waals surface area contributed by atoms with Crippen molar-refractivity contribution in [2.45, 2.75) is 56.7 Å². The van der Waals surface area contributed by atoms with E-state index in [9.17, 15) is 9.59 Å². The standard InChI is InChI=1S/C24H26N6O2/c31-22(30-11-3-8-24(30)7-2-10-29(23(24)32)19-5-6-19)18-12-20-21(26-14-18)28(16-27-20)15-17-4-1-9-25-13-17/h1,4,9,12-14,16,19H,2-3,5-8,10-11,15H2. The minimum absolute atomic E-state index is 0.107. The lowest BCUT2D eigenvalue weighted by atomic mass is 9.85. The highest BCUT2D eigenvalue weighted by atomic mass is 16.2. The number of imidazole rings is 1. The maximum Gasteiger partial charge on any atom is 0.256 e. The third-order valence-electron chi connectivity index (χ3n) is 7.15. The first-order chi connectivity index (χ1) is 15.7. The molecule has 3 fully saturated rings. The van der Waals surface area contributed by atoms with Crippen LogP contribution in [0.15, 0.2) is 43.1 Å². The summed E-state index contributed by atoms with van der Waals surface area (Å²) in [5.74, 6) is 0.0524. The molecule has 0 N–H and O–H groups in total. The number of carbonyl (C=O) groups is 2. The van der Waals surface area contributed by atoms with E-state index >= 15 is 0 Å². The van der Waals surface area contributed by atoms with E-state index in [1.54, 1.807) is 18.7 Å². The average Bonchev–Trinajstić information content (AvgIpc) is 3.46. The SMILES string of the molecule is O=C(c1cnc2c(c1)ncn2Cc1cccnc1)N1CCCC12CCCN(C1CC1)C2=O. The molecule has 5 heterocycles. The van der Waals surface area contributed by atoms with Gasteiger partial charge in [-0.2, -0.15) is 0 Å². The smallest absolute Gasteiger partial charge is 0.256 e. The number of fused-ring (bicyclic) bond motifs is 1. The van der Waals surface area contributed by atoms with Crippen molar-refractivity contribution >= 4 is 23.0 Å². The molecule has 8 heteroatoms. The third-order valence-corrected chi connectivity index (χ3v) is 7.15. The van der Waals surface area contributed by atoms with Gasteiger partial charge in [0.1, 0.15) is 11.1 Å². The molecule has 0 aromatic carbocycles. The van der Waals surface area contributed by atoms with Gasteiger partial charge >= 0.3 is 0 Å². The Labute approximate surface area is 186 Å². The van der Waals surface area contributed by atoms with Crippen LogP contribution in [0, 0.1) is 0 Å². The van der Waals surface area contributed by atoms with Crippen molar-refractivity contribution in [1.29, 1.82) is 0 Å². The Kier molecular flexibility index (Phi) is 4.48. The molecule has 3 aromatic rings. The Morgan fingerprint density at radius 1 is 1.12 bits per heavy atom. The van der Waals surface area contributed by atoms with Crippen LogP contribution >= 0.6 is 0 Å². The minimum Gasteiger partial charge on any atom is -0.338 e. The summed E-state index contributed by atoms with van der Waals surface area (Å²) in [6.07, 6.45) is 12.5. The van der Waals surface area contributed by atoms with Crippen molar-refractivity contribution in [2.75, 3.05) is 13.1 Å². The molecule has 8 nitrogen and oxygen atoms in total. The summed E-state index contributed by atoms with van der Waals surface area (Å²) in [4.78, 5) is 44.1. The van der Waals surface area contributed by atoms with Gasteiger partial charge in [0, 0.05) is 37.7 Å². The van der Waals surface area contributed by atoms with Gasteiger partial charge in [-0.25, -0.2) is 9.97 Å². The molecule has 1 atom stereocenters. The van der Waals surface area contributed by atoms with Crippen molar-refractivity contribution in [3.8, 4) is 0 Å². The monoisotopic (exact) mass is 430 g/mol. The molecular formula is C24H26N6O2. The van der Waals surface area contributed by atoms with Crippen molar-refractivity contribution < 1.29 is 9.59 Å². The van der Waals surface area contributed by atoms with E-state index in [1.807, 2.05) is 38.8 Å². The van der Waals surface area contributed by atoms with E-state index in [-0.39, 0.29) is 11.8 Å². The highest BCUT2D eigenvalue weighted by Crippen LogP contribution is 2.42. The number of hydrogen-bond donors (Lipinski definition) is 0. The predicted octanol–water partition coefficient (Wildman–Crippen LogP) is 2.63. The van der Waals surface area contributed by atoms with Crippen molar-refractivity contribution in [1.82, 2.24) is 29.3 Å². The average molecular weight is 431 g/mol. The first-order valence-corrected chi connectivity index (χ1v) is 11.5. The normalized spacial score (nSPS) is 23.4. The zero-order valence-corrected chi connectivity index (χ0v) is 18.0. The number of rotatable bonds is 4. The molecule has 0 radical (unpaired) electrons. The van der Waals surface area contributed by atoms with Gasteiger partial charge in [0.05, 0.1) is 18.4 Å². The van der Waals surface area contributed by atoms with Gasteiger partial charge in [-0.3, -0.25) is 14.6 Å². The van der Waals surface area contributed by atoms with Gasteiger partial charge < -0.3 is 14.4 Å². The first kappa shape index (κ1) is 19.4. The van der Waals surface area contributed by atoms with Crippen molar-refractivity contribution in [2.24, 2.45) is 0 Å². The summed E-state index contributed by atoms with van der Waals surface area (Å²) in [7, 11) is 0. The van der Waals surface area contributed by atoms with Gasteiger partial charge in [0.15, 0.2) is 5.65 Å². The second kappa shape index (κ2) is 7.39. The van der Waals surface area contributed by atoms with Crippen LogP contribution in [0.3, 0.4) is 0 Å². The number of aromatic nitrogens is 4. The molecule has 0 bridgehead atoms. The van der Waals surface area contributed by atoms with Gasteiger partial charge in [0.2, 0.25) is 5.91 Å². The second-order valence-electron chi connectivity index (χ2n) is 9.23. The van der Waals surface area contributed by atoms with Crippen LogP contribution in [0.1, 0.15) is 54.4 Å². The third kappa shape index (κ3) is 3.08. The molecule has 3 aliphatic rings. The summed E-state index contributed by atoms with van der Waals surface area (Å²) in [6, 6.07) is 6.11. The van der Waals surface area contributed by atoms with Crippen LogP contribution in [-0.2, 0) is 11.3 Å². The molecule has 6 rings (SSSR count). The molecule has 1 unspecified atom stereocenters. The summed E-state index contributed by atoms with van der Waals surface area (Å²) >= 11 is 0.